The van der Waals surface area contributed by atoms with E-state index in [2.05, 4.69) is 38.2 Å². The third-order valence-electron chi connectivity index (χ3n) is 3.75. The molecule has 1 aliphatic rings. The molecule has 0 aromatic carbocycles. The third-order valence-corrected chi connectivity index (χ3v) is 3.75. The molecule has 1 N–H and O–H groups in total. The lowest BCUT2D eigenvalue weighted by Gasteiger charge is -2.30. The van der Waals surface area contributed by atoms with Gasteiger partial charge in [-0.05, 0) is 38.8 Å². The van der Waals surface area contributed by atoms with E-state index in [0.29, 0.717) is 0 Å². The summed E-state index contributed by atoms with van der Waals surface area (Å²) in [4.78, 5) is 2.52. The first kappa shape index (κ1) is 14.0. The lowest BCUT2D eigenvalue weighted by atomic mass is 9.94. The Kier molecular flexibility index (Phi) is 6.37. The minimum Gasteiger partial charge on any atom is -0.317 e. The molecule has 0 aliphatic heterocycles. The van der Waals surface area contributed by atoms with Crippen LogP contribution in [-0.4, -0.2) is 38.1 Å². The normalized spacial score (nSPS) is 27.4. The van der Waals surface area contributed by atoms with Crippen LogP contribution < -0.4 is 5.32 Å². The topological polar surface area (TPSA) is 15.3 Å². The van der Waals surface area contributed by atoms with Gasteiger partial charge in [0.25, 0.3) is 0 Å². The average molecular weight is 226 g/mol. The Labute approximate surface area is 102 Å². The highest BCUT2D eigenvalue weighted by Crippen LogP contribution is 2.24. The Hall–Kier alpha value is -0.0800. The first-order chi connectivity index (χ1) is 7.63. The molecule has 1 saturated carbocycles. The van der Waals surface area contributed by atoms with Crippen molar-refractivity contribution in [3.63, 3.8) is 0 Å². The molecule has 2 heteroatoms. The van der Waals surface area contributed by atoms with Crippen molar-refractivity contribution in [2.75, 3.05) is 27.2 Å². The lowest BCUT2D eigenvalue weighted by Crippen LogP contribution is -2.40. The number of nitrogens with zero attached hydrogens (tertiary/aromatic N) is 1. The van der Waals surface area contributed by atoms with Crippen LogP contribution in [0, 0.1) is 11.8 Å². The Morgan fingerprint density at radius 2 is 1.88 bits per heavy atom. The Morgan fingerprint density at radius 1 is 1.19 bits per heavy atom. The second-order valence-electron chi connectivity index (χ2n) is 5.91. The standard InChI is InChI=1S/C14H30N2/c1-12(2)10-16(4)11-13-8-6-5-7-9-14(13)15-3/h12-15H,5-11H2,1-4H3. The van der Waals surface area contributed by atoms with Gasteiger partial charge in [-0.25, -0.2) is 0 Å². The molecular weight excluding hydrogens is 196 g/mol. The summed E-state index contributed by atoms with van der Waals surface area (Å²) in [6.07, 6.45) is 7.06. The highest BCUT2D eigenvalue weighted by atomic mass is 15.1. The van der Waals surface area contributed by atoms with Crippen LogP contribution in [0.2, 0.25) is 0 Å². The molecule has 0 heterocycles. The van der Waals surface area contributed by atoms with Gasteiger partial charge >= 0.3 is 0 Å². The summed E-state index contributed by atoms with van der Waals surface area (Å²) < 4.78 is 0. The number of hydrogen-bond donors (Lipinski definition) is 1. The van der Waals surface area contributed by atoms with Gasteiger partial charge in [0.1, 0.15) is 0 Å². The molecule has 16 heavy (non-hydrogen) atoms. The van der Waals surface area contributed by atoms with E-state index in [0.717, 1.165) is 17.9 Å². The second kappa shape index (κ2) is 7.29. The van der Waals surface area contributed by atoms with Gasteiger partial charge in [-0.3, -0.25) is 0 Å². The largest absolute Gasteiger partial charge is 0.317 e. The van der Waals surface area contributed by atoms with Gasteiger partial charge in [0.2, 0.25) is 0 Å². The molecule has 0 bridgehead atoms. The molecule has 0 aromatic rings. The van der Waals surface area contributed by atoms with Crippen LogP contribution in [0.5, 0.6) is 0 Å². The van der Waals surface area contributed by atoms with Gasteiger partial charge in [0.15, 0.2) is 0 Å². The molecule has 96 valence electrons. The SMILES string of the molecule is CNC1CCCCCC1CN(C)CC(C)C. The molecule has 0 amide bonds. The van der Waals surface area contributed by atoms with Crippen molar-refractivity contribution >= 4 is 0 Å². The van der Waals surface area contributed by atoms with E-state index in [1.165, 1.54) is 45.2 Å². The Morgan fingerprint density at radius 3 is 2.50 bits per heavy atom. The molecule has 0 radical (unpaired) electrons. The van der Waals surface area contributed by atoms with Crippen LogP contribution >= 0.6 is 0 Å². The van der Waals surface area contributed by atoms with E-state index < -0.39 is 0 Å². The first-order valence-electron chi connectivity index (χ1n) is 6.99. The van der Waals surface area contributed by atoms with Crippen molar-refractivity contribution in [3.05, 3.63) is 0 Å². The zero-order chi connectivity index (χ0) is 12.0. The maximum atomic E-state index is 3.53. The summed E-state index contributed by atoms with van der Waals surface area (Å²) in [6, 6.07) is 0.747. The van der Waals surface area contributed by atoms with Crippen molar-refractivity contribution < 1.29 is 0 Å². The van der Waals surface area contributed by atoms with Crippen LogP contribution in [0.1, 0.15) is 46.0 Å². The summed E-state index contributed by atoms with van der Waals surface area (Å²) in [6.45, 7) is 7.11. The molecule has 1 rings (SSSR count). The molecule has 0 spiro atoms. The second-order valence-corrected chi connectivity index (χ2v) is 5.91. The summed E-state index contributed by atoms with van der Waals surface area (Å²) in [5, 5.41) is 3.53. The van der Waals surface area contributed by atoms with E-state index >= 15 is 0 Å². The quantitative estimate of drug-likeness (QED) is 0.725. The molecule has 0 saturated heterocycles. The predicted molar refractivity (Wildman–Crippen MR) is 71.8 cm³/mol. The van der Waals surface area contributed by atoms with Crippen LogP contribution in [0.15, 0.2) is 0 Å². The molecular formula is C14H30N2. The smallest absolute Gasteiger partial charge is 0.0104 e. The maximum Gasteiger partial charge on any atom is 0.0104 e. The maximum absolute atomic E-state index is 3.53. The summed E-state index contributed by atoms with van der Waals surface area (Å²) in [5.41, 5.74) is 0. The summed E-state index contributed by atoms with van der Waals surface area (Å²) in [5.74, 6) is 1.64. The van der Waals surface area contributed by atoms with Crippen molar-refractivity contribution in [2.45, 2.75) is 52.0 Å². The fraction of sp³-hybridized carbons (Fsp3) is 1.00. The molecule has 0 aromatic heterocycles. The van der Waals surface area contributed by atoms with E-state index in [1.54, 1.807) is 0 Å². The van der Waals surface area contributed by atoms with Gasteiger partial charge in [-0.2, -0.15) is 0 Å². The monoisotopic (exact) mass is 226 g/mol. The Balaban J connectivity index is 2.41. The van der Waals surface area contributed by atoms with Crippen molar-refractivity contribution in [1.29, 1.82) is 0 Å². The zero-order valence-electron chi connectivity index (χ0n) is 11.6. The fourth-order valence-electron chi connectivity index (χ4n) is 3.08. The van der Waals surface area contributed by atoms with Gasteiger partial charge in [-0.15, -0.1) is 0 Å². The number of hydrogen-bond acceptors (Lipinski definition) is 2. The molecule has 1 fully saturated rings. The van der Waals surface area contributed by atoms with Crippen molar-refractivity contribution in [3.8, 4) is 0 Å². The molecule has 1 aliphatic carbocycles. The van der Waals surface area contributed by atoms with Crippen molar-refractivity contribution in [2.24, 2.45) is 11.8 Å². The number of rotatable bonds is 5. The first-order valence-corrected chi connectivity index (χ1v) is 6.99. The van der Waals surface area contributed by atoms with Crippen LogP contribution in [-0.2, 0) is 0 Å². The van der Waals surface area contributed by atoms with E-state index in [9.17, 15) is 0 Å². The predicted octanol–water partition coefficient (Wildman–Crippen LogP) is 2.74. The van der Waals surface area contributed by atoms with Gasteiger partial charge in [0.05, 0.1) is 0 Å². The highest BCUT2D eigenvalue weighted by Gasteiger charge is 2.23. The highest BCUT2D eigenvalue weighted by molar-refractivity contribution is 4.80. The third kappa shape index (κ3) is 4.84. The van der Waals surface area contributed by atoms with E-state index in [-0.39, 0.29) is 0 Å². The summed E-state index contributed by atoms with van der Waals surface area (Å²) >= 11 is 0. The molecule has 2 nitrogen and oxygen atoms in total. The van der Waals surface area contributed by atoms with Crippen LogP contribution in [0.3, 0.4) is 0 Å². The minimum absolute atomic E-state index is 0.747. The van der Waals surface area contributed by atoms with Gasteiger partial charge < -0.3 is 10.2 Å². The molecule has 2 atom stereocenters. The number of nitrogens with one attached hydrogen (secondary N) is 1. The minimum atomic E-state index is 0.747. The van der Waals surface area contributed by atoms with Crippen LogP contribution in [0.25, 0.3) is 0 Å². The Bertz CT molecular complexity index is 180. The van der Waals surface area contributed by atoms with Gasteiger partial charge in [-0.1, -0.05) is 33.1 Å². The van der Waals surface area contributed by atoms with Gasteiger partial charge in [0, 0.05) is 19.1 Å². The summed E-state index contributed by atoms with van der Waals surface area (Å²) in [7, 11) is 4.41. The lowest BCUT2D eigenvalue weighted by molar-refractivity contribution is 0.212. The zero-order valence-corrected chi connectivity index (χ0v) is 11.6. The van der Waals surface area contributed by atoms with E-state index in [4.69, 9.17) is 0 Å². The van der Waals surface area contributed by atoms with Crippen molar-refractivity contribution in [1.82, 2.24) is 10.2 Å². The fourth-order valence-corrected chi connectivity index (χ4v) is 3.08. The average Bonchev–Trinajstić information content (AvgIpc) is 2.41. The van der Waals surface area contributed by atoms with Crippen LogP contribution in [0.4, 0.5) is 0 Å². The van der Waals surface area contributed by atoms with E-state index in [1.807, 2.05) is 0 Å². The molecule has 2 unspecified atom stereocenters.